The van der Waals surface area contributed by atoms with E-state index >= 15 is 0 Å². The van der Waals surface area contributed by atoms with Crippen molar-refractivity contribution >= 4 is 57.5 Å². The van der Waals surface area contributed by atoms with Crippen LogP contribution in [0.5, 0.6) is 0 Å². The molecule has 0 aliphatic heterocycles. The molecular weight excluding hydrogens is 321 g/mol. The summed E-state index contributed by atoms with van der Waals surface area (Å²) in [6.45, 7) is 1.99. The Morgan fingerprint density at radius 1 is 1.45 bits per heavy atom. The Labute approximate surface area is 129 Å². The number of hydrogen-bond acceptors (Lipinski definition) is 6. The quantitative estimate of drug-likeness (QED) is 0.337. The Balaban J connectivity index is 2.35. The average Bonchev–Trinajstić information content (AvgIpc) is 2.91. The van der Waals surface area contributed by atoms with Gasteiger partial charge in [0.1, 0.15) is 16.9 Å². The zero-order valence-electron chi connectivity index (χ0n) is 10.6. The molecule has 0 spiro atoms. The molecule has 2 rings (SSSR count). The van der Waals surface area contributed by atoms with Gasteiger partial charge in [-0.3, -0.25) is 0 Å². The molecule has 0 saturated carbocycles. The molecule has 0 aliphatic rings. The van der Waals surface area contributed by atoms with Crippen LogP contribution in [0.25, 0.3) is 11.0 Å². The van der Waals surface area contributed by atoms with Crippen LogP contribution in [-0.4, -0.2) is 25.8 Å². The maximum Gasteiger partial charge on any atom is 0.141 e. The van der Waals surface area contributed by atoms with E-state index in [0.29, 0.717) is 33.2 Å². The van der Waals surface area contributed by atoms with E-state index in [4.69, 9.17) is 34.1 Å². The molecule has 2 aromatic rings. The number of halogens is 2. The van der Waals surface area contributed by atoms with E-state index in [-0.39, 0.29) is 11.9 Å². The van der Waals surface area contributed by atoms with Gasteiger partial charge in [0.15, 0.2) is 0 Å². The third kappa shape index (κ3) is 3.05. The van der Waals surface area contributed by atoms with Gasteiger partial charge in [-0.05, 0) is 12.5 Å². The Bertz CT molecular complexity index is 645. The predicted molar refractivity (Wildman–Crippen MR) is 83.2 cm³/mol. The first-order valence-electron chi connectivity index (χ1n) is 5.90. The van der Waals surface area contributed by atoms with Crippen molar-refractivity contribution in [3.05, 3.63) is 16.1 Å². The number of anilines is 1. The van der Waals surface area contributed by atoms with Crippen LogP contribution >= 0.6 is 34.9 Å². The lowest BCUT2D eigenvalue weighted by Crippen LogP contribution is -2.26. The molecule has 1 unspecified atom stereocenters. The second kappa shape index (κ2) is 6.43. The molecular formula is C11H13Cl2N5OS. The molecule has 4 N–H and O–H groups in total. The number of fused-ring (bicyclic) bond motifs is 1. The fourth-order valence-electron chi connectivity index (χ4n) is 1.81. The van der Waals surface area contributed by atoms with Crippen LogP contribution in [0.2, 0.25) is 10.0 Å². The number of amidine groups is 1. The molecule has 0 fully saturated rings. The molecule has 1 aromatic carbocycles. The van der Waals surface area contributed by atoms with E-state index in [9.17, 15) is 0 Å². The van der Waals surface area contributed by atoms with Gasteiger partial charge in [-0.2, -0.15) is 8.75 Å². The number of oxime groups is 1. The molecule has 9 heteroatoms. The lowest BCUT2D eigenvalue weighted by Gasteiger charge is -2.18. The summed E-state index contributed by atoms with van der Waals surface area (Å²) in [5, 5.41) is 15.8. The van der Waals surface area contributed by atoms with Gasteiger partial charge in [-0.15, -0.1) is 0 Å². The SMILES string of the molecule is CCC(CC(N)=NO)Nc1c(Cl)cc(Cl)c2nsnc12. The molecule has 108 valence electrons. The Hall–Kier alpha value is -1.31. The fraction of sp³-hybridized carbons (Fsp3) is 0.364. The highest BCUT2D eigenvalue weighted by atomic mass is 35.5. The third-order valence-electron chi connectivity index (χ3n) is 2.87. The van der Waals surface area contributed by atoms with E-state index in [0.717, 1.165) is 18.1 Å². The van der Waals surface area contributed by atoms with E-state index < -0.39 is 0 Å². The first kappa shape index (κ1) is 15.1. The number of rotatable bonds is 5. The van der Waals surface area contributed by atoms with Crippen molar-refractivity contribution in [1.29, 1.82) is 0 Å². The average molecular weight is 334 g/mol. The highest BCUT2D eigenvalue weighted by Gasteiger charge is 2.17. The highest BCUT2D eigenvalue weighted by Crippen LogP contribution is 2.35. The van der Waals surface area contributed by atoms with Gasteiger partial charge >= 0.3 is 0 Å². The van der Waals surface area contributed by atoms with Crippen LogP contribution < -0.4 is 11.1 Å². The summed E-state index contributed by atoms with van der Waals surface area (Å²) in [5.41, 5.74) is 7.45. The summed E-state index contributed by atoms with van der Waals surface area (Å²) in [7, 11) is 0. The standard InChI is InChI=1S/C11H13Cl2N5OS/c1-2-5(3-8(14)16-19)15-9-6(12)4-7(13)10-11(9)18-20-17-10/h4-5,15,19H,2-3H2,1H3,(H2,14,16). The summed E-state index contributed by atoms with van der Waals surface area (Å²) < 4.78 is 8.36. The number of aromatic nitrogens is 2. The summed E-state index contributed by atoms with van der Waals surface area (Å²) in [6.07, 6.45) is 1.17. The lowest BCUT2D eigenvalue weighted by atomic mass is 10.1. The molecule has 0 amide bonds. The first-order valence-corrected chi connectivity index (χ1v) is 7.38. The second-order valence-electron chi connectivity index (χ2n) is 4.22. The topological polar surface area (TPSA) is 96.4 Å². The van der Waals surface area contributed by atoms with Gasteiger partial charge in [-0.1, -0.05) is 35.3 Å². The van der Waals surface area contributed by atoms with Crippen LogP contribution in [0.3, 0.4) is 0 Å². The van der Waals surface area contributed by atoms with Gasteiger partial charge in [0.05, 0.1) is 27.5 Å². The zero-order valence-corrected chi connectivity index (χ0v) is 12.9. The minimum atomic E-state index is -0.0329. The Kier molecular flexibility index (Phi) is 4.85. The van der Waals surface area contributed by atoms with E-state index in [1.807, 2.05) is 6.92 Å². The van der Waals surface area contributed by atoms with E-state index in [2.05, 4.69) is 19.2 Å². The van der Waals surface area contributed by atoms with Crippen molar-refractivity contribution in [3.63, 3.8) is 0 Å². The first-order chi connectivity index (χ1) is 9.56. The smallest absolute Gasteiger partial charge is 0.141 e. The van der Waals surface area contributed by atoms with Crippen molar-refractivity contribution < 1.29 is 5.21 Å². The van der Waals surface area contributed by atoms with Gasteiger partial charge in [0, 0.05) is 12.5 Å². The normalized spacial score (nSPS) is 13.7. The minimum Gasteiger partial charge on any atom is -0.409 e. The molecule has 20 heavy (non-hydrogen) atoms. The minimum absolute atomic E-state index is 0.0329. The van der Waals surface area contributed by atoms with E-state index in [1.165, 1.54) is 0 Å². The van der Waals surface area contributed by atoms with Crippen LogP contribution in [-0.2, 0) is 0 Å². The third-order valence-corrected chi connectivity index (χ3v) is 3.98. The largest absolute Gasteiger partial charge is 0.409 e. The number of nitrogens with zero attached hydrogens (tertiary/aromatic N) is 3. The summed E-state index contributed by atoms with van der Waals surface area (Å²) in [6, 6.07) is 1.60. The molecule has 6 nitrogen and oxygen atoms in total. The number of nitrogens with one attached hydrogen (secondary N) is 1. The summed E-state index contributed by atoms with van der Waals surface area (Å²) >= 11 is 13.4. The molecule has 1 atom stereocenters. The summed E-state index contributed by atoms with van der Waals surface area (Å²) in [4.78, 5) is 0. The molecule has 0 saturated heterocycles. The van der Waals surface area contributed by atoms with Gasteiger partial charge in [0.2, 0.25) is 0 Å². The maximum absolute atomic E-state index is 8.65. The van der Waals surface area contributed by atoms with Crippen molar-refractivity contribution in [2.45, 2.75) is 25.8 Å². The van der Waals surface area contributed by atoms with Gasteiger partial charge in [-0.25, -0.2) is 0 Å². The number of nitrogens with two attached hydrogens (primary N) is 1. The summed E-state index contributed by atoms with van der Waals surface area (Å²) in [5.74, 6) is 0.155. The highest BCUT2D eigenvalue weighted by molar-refractivity contribution is 7.00. The predicted octanol–water partition coefficient (Wildman–Crippen LogP) is 3.33. The monoisotopic (exact) mass is 333 g/mol. The zero-order chi connectivity index (χ0) is 14.7. The lowest BCUT2D eigenvalue weighted by molar-refractivity contribution is 0.316. The van der Waals surface area contributed by atoms with Crippen LogP contribution in [0.15, 0.2) is 11.2 Å². The van der Waals surface area contributed by atoms with E-state index in [1.54, 1.807) is 6.07 Å². The van der Waals surface area contributed by atoms with Crippen molar-refractivity contribution in [2.24, 2.45) is 10.9 Å². The van der Waals surface area contributed by atoms with Crippen LogP contribution in [0.1, 0.15) is 19.8 Å². The van der Waals surface area contributed by atoms with Crippen molar-refractivity contribution in [3.8, 4) is 0 Å². The van der Waals surface area contributed by atoms with Crippen molar-refractivity contribution in [2.75, 3.05) is 5.32 Å². The molecule has 0 radical (unpaired) electrons. The maximum atomic E-state index is 8.65. The fourth-order valence-corrected chi connectivity index (χ4v) is 2.97. The van der Waals surface area contributed by atoms with Crippen LogP contribution in [0.4, 0.5) is 5.69 Å². The Morgan fingerprint density at radius 3 is 2.80 bits per heavy atom. The number of hydrogen-bond donors (Lipinski definition) is 3. The molecule has 0 aliphatic carbocycles. The van der Waals surface area contributed by atoms with Crippen molar-refractivity contribution in [1.82, 2.24) is 8.75 Å². The second-order valence-corrected chi connectivity index (χ2v) is 5.56. The molecule has 0 bridgehead atoms. The van der Waals surface area contributed by atoms with Crippen LogP contribution in [0, 0.1) is 0 Å². The molecule has 1 heterocycles. The number of benzene rings is 1. The Morgan fingerprint density at radius 2 is 2.15 bits per heavy atom. The van der Waals surface area contributed by atoms with Gasteiger partial charge in [0.25, 0.3) is 0 Å². The van der Waals surface area contributed by atoms with Gasteiger partial charge < -0.3 is 16.3 Å². The molecule has 1 aromatic heterocycles.